The molecule has 0 saturated heterocycles. The van der Waals surface area contributed by atoms with Crippen LogP contribution >= 0.6 is 76.6 Å². The highest BCUT2D eigenvalue weighted by Gasteiger charge is 2.56. The Labute approximate surface area is 157 Å². The molecule has 1 aromatic rings. The van der Waals surface area contributed by atoms with Crippen LogP contribution in [0.3, 0.4) is 0 Å². The van der Waals surface area contributed by atoms with E-state index in [0.29, 0.717) is 0 Å². The molecule has 0 saturated carbocycles. The minimum absolute atomic E-state index is 0.103. The summed E-state index contributed by atoms with van der Waals surface area (Å²) in [6.45, 7) is 4.00. The number of hydrogen-bond acceptors (Lipinski definition) is 4. The second-order valence-electron chi connectivity index (χ2n) is 3.11. The number of halogens is 6. The van der Waals surface area contributed by atoms with Gasteiger partial charge in [0, 0.05) is 46.9 Å². The average Bonchev–Trinajstić information content (AvgIpc) is 2.40. The third kappa shape index (κ3) is 5.65. The predicted octanol–water partition coefficient (Wildman–Crippen LogP) is 6.37. The van der Waals surface area contributed by atoms with Gasteiger partial charge in [-0.3, -0.25) is 0 Å². The first-order valence-corrected chi connectivity index (χ1v) is 12.8. The van der Waals surface area contributed by atoms with Gasteiger partial charge in [-0.05, 0) is 35.9 Å². The Balaban J connectivity index is 0.00000172. The van der Waals surface area contributed by atoms with E-state index in [1.165, 1.54) is 12.1 Å². The normalized spacial score (nSPS) is 11.8. The monoisotopic (exact) mass is 614 g/mol. The fraction of sp³-hybridized carbons (Fsp3) is 0.400. The Hall–Kier alpha value is 1.57. The van der Waals surface area contributed by atoms with Gasteiger partial charge < -0.3 is 0 Å². The van der Waals surface area contributed by atoms with E-state index >= 15 is 0 Å². The minimum Gasteiger partial charge on any atom is -0.223 e. The molecule has 0 amide bonds. The summed E-state index contributed by atoms with van der Waals surface area (Å²) in [5.41, 5.74) is -2.18. The number of hydrogen-bond donors (Lipinski definition) is 2. The Kier molecular flexibility index (Phi) is 11.2. The second-order valence-corrected chi connectivity index (χ2v) is 7.39. The lowest BCUT2D eigenvalue weighted by atomic mass is 10.0. The molecule has 0 aliphatic rings. The van der Waals surface area contributed by atoms with Crippen molar-refractivity contribution in [3.8, 4) is 0 Å². The van der Waals surface area contributed by atoms with E-state index in [-0.39, 0.29) is 5.56 Å². The summed E-state index contributed by atoms with van der Waals surface area (Å²) in [7, 11) is 1.77. The van der Waals surface area contributed by atoms with Gasteiger partial charge in [-0.1, -0.05) is 41.9 Å². The predicted molar refractivity (Wildman–Crippen MR) is 103 cm³/mol. The maximum atomic E-state index is 13.4. The molecule has 0 radical (unpaired) electrons. The fourth-order valence-electron chi connectivity index (χ4n) is 1.23. The van der Waals surface area contributed by atoms with Crippen LogP contribution < -0.4 is 9.44 Å². The summed E-state index contributed by atoms with van der Waals surface area (Å²) in [4.78, 5) is 0. The van der Waals surface area contributed by atoms with Crippen LogP contribution in [0.4, 0.5) is 13.2 Å². The van der Waals surface area contributed by atoms with Crippen molar-refractivity contribution in [3.63, 3.8) is 0 Å². The van der Waals surface area contributed by atoms with Crippen molar-refractivity contribution in [3.05, 3.63) is 34.3 Å². The molecule has 0 aromatic heterocycles. The van der Waals surface area contributed by atoms with E-state index in [1.54, 1.807) is 54.5 Å². The number of rotatable bonds is 5. The van der Waals surface area contributed by atoms with E-state index in [4.69, 9.17) is 0 Å². The highest BCUT2D eigenvalue weighted by Crippen LogP contribution is 2.41. The molecule has 0 bridgehead atoms. The Morgan fingerprint density at radius 2 is 1.40 bits per heavy atom. The zero-order valence-corrected chi connectivity index (χ0v) is 17.9. The van der Waals surface area contributed by atoms with Crippen molar-refractivity contribution >= 4 is 76.6 Å². The molecule has 0 aliphatic carbocycles. The SMILES string of the molecule is CC.FC(F)(F)C(NSI)(NSI)c1ccc(Br)cc1. The van der Waals surface area contributed by atoms with E-state index < -0.39 is 11.8 Å². The molecule has 20 heavy (non-hydrogen) atoms. The number of nitrogens with one attached hydrogen (secondary N) is 2. The van der Waals surface area contributed by atoms with Crippen molar-refractivity contribution in [1.82, 2.24) is 9.44 Å². The molecule has 0 heterocycles. The third-order valence-electron chi connectivity index (χ3n) is 2.09. The molecule has 0 atom stereocenters. The lowest BCUT2D eigenvalue weighted by molar-refractivity contribution is -0.197. The molecule has 2 nitrogen and oxygen atoms in total. The Morgan fingerprint density at radius 3 is 1.70 bits per heavy atom. The summed E-state index contributed by atoms with van der Waals surface area (Å²) in [6.07, 6.45) is -4.48. The highest BCUT2D eigenvalue weighted by molar-refractivity contribution is 14.2. The molecule has 1 aromatic carbocycles. The van der Waals surface area contributed by atoms with Gasteiger partial charge in [0.2, 0.25) is 5.66 Å². The average molecular weight is 615 g/mol. The Morgan fingerprint density at radius 1 is 1.00 bits per heavy atom. The van der Waals surface area contributed by atoms with Gasteiger partial charge in [0.1, 0.15) is 0 Å². The van der Waals surface area contributed by atoms with Gasteiger partial charge in [-0.2, -0.15) is 13.2 Å². The lowest BCUT2D eigenvalue weighted by Gasteiger charge is -2.35. The van der Waals surface area contributed by atoms with Gasteiger partial charge >= 0.3 is 6.18 Å². The van der Waals surface area contributed by atoms with Gasteiger partial charge in [0.15, 0.2) is 0 Å². The summed E-state index contributed by atoms with van der Waals surface area (Å²) in [6, 6.07) is 6.01. The second kappa shape index (κ2) is 10.4. The number of alkyl halides is 3. The lowest BCUT2D eigenvalue weighted by Crippen LogP contribution is -2.58. The molecular formula is C10H12BrF3I2N2S2. The van der Waals surface area contributed by atoms with E-state index in [1.807, 2.05) is 13.8 Å². The minimum atomic E-state index is -4.48. The van der Waals surface area contributed by atoms with Crippen molar-refractivity contribution in [2.75, 3.05) is 0 Å². The molecule has 0 aliphatic heterocycles. The fourth-order valence-corrected chi connectivity index (χ4v) is 4.35. The van der Waals surface area contributed by atoms with E-state index in [0.717, 1.165) is 22.7 Å². The quantitative estimate of drug-likeness (QED) is 0.229. The van der Waals surface area contributed by atoms with Gasteiger partial charge in [0.25, 0.3) is 0 Å². The van der Waals surface area contributed by atoms with Crippen molar-refractivity contribution in [2.24, 2.45) is 0 Å². The molecular weight excluding hydrogens is 603 g/mol. The highest BCUT2D eigenvalue weighted by atomic mass is 127. The molecule has 0 spiro atoms. The van der Waals surface area contributed by atoms with Crippen molar-refractivity contribution in [2.45, 2.75) is 25.7 Å². The van der Waals surface area contributed by atoms with Crippen LogP contribution in [0.5, 0.6) is 0 Å². The van der Waals surface area contributed by atoms with Crippen LogP contribution in [0.15, 0.2) is 28.7 Å². The molecule has 1 rings (SSSR count). The van der Waals surface area contributed by atoms with Gasteiger partial charge in [-0.15, -0.1) is 0 Å². The molecule has 0 unspecified atom stereocenters. The summed E-state index contributed by atoms with van der Waals surface area (Å²) in [5, 5.41) is 0. The maximum Gasteiger partial charge on any atom is 0.426 e. The van der Waals surface area contributed by atoms with E-state index in [2.05, 4.69) is 25.4 Å². The summed E-state index contributed by atoms with van der Waals surface area (Å²) < 4.78 is 45.6. The standard InChI is InChI=1S/C8H6BrF3I2N2S2.C2H6/c9-6-3-1-5(2-4-6)7(15-17-13,16-18-14)8(10,11)12;1-2/h1-4,15-16H;1-2H3. The van der Waals surface area contributed by atoms with Crippen LogP contribution in [-0.2, 0) is 5.66 Å². The van der Waals surface area contributed by atoms with Gasteiger partial charge in [-0.25, -0.2) is 9.44 Å². The van der Waals surface area contributed by atoms with Crippen LogP contribution in [0.1, 0.15) is 19.4 Å². The molecule has 116 valence electrons. The summed E-state index contributed by atoms with van der Waals surface area (Å²) >= 11 is 6.75. The first-order valence-electron chi connectivity index (χ1n) is 5.29. The first-order chi connectivity index (χ1) is 9.37. The zero-order valence-electron chi connectivity index (χ0n) is 10.4. The summed E-state index contributed by atoms with van der Waals surface area (Å²) in [5.74, 6) is 0. The topological polar surface area (TPSA) is 24.1 Å². The third-order valence-corrected chi connectivity index (χ3v) is 4.70. The molecule has 10 heteroatoms. The smallest absolute Gasteiger partial charge is 0.223 e. The van der Waals surface area contributed by atoms with Gasteiger partial charge in [0.05, 0.1) is 0 Å². The number of benzene rings is 1. The Bertz CT molecular complexity index is 387. The molecule has 0 fully saturated rings. The van der Waals surface area contributed by atoms with Crippen molar-refractivity contribution in [1.29, 1.82) is 0 Å². The van der Waals surface area contributed by atoms with Crippen LogP contribution in [0, 0.1) is 0 Å². The van der Waals surface area contributed by atoms with Crippen LogP contribution in [-0.4, -0.2) is 6.18 Å². The van der Waals surface area contributed by atoms with Crippen molar-refractivity contribution < 1.29 is 13.2 Å². The maximum absolute atomic E-state index is 13.4. The van der Waals surface area contributed by atoms with Crippen LogP contribution in [0.2, 0.25) is 0 Å². The molecule has 2 N–H and O–H groups in total. The van der Waals surface area contributed by atoms with E-state index in [9.17, 15) is 13.2 Å². The van der Waals surface area contributed by atoms with Crippen LogP contribution in [0.25, 0.3) is 0 Å². The zero-order chi connectivity index (χ0) is 15.8. The largest absolute Gasteiger partial charge is 0.426 e. The first kappa shape index (κ1) is 21.6.